The molecule has 0 heterocycles. The molecule has 8 heteroatoms. The van der Waals surface area contributed by atoms with Crippen LogP contribution in [0.3, 0.4) is 0 Å². The standard InChI is InChI=1S/C20H34N4O3S/c1-4-27-14-13-20(11-7-8-12-20)16-23-19(21-2)22-15-17-9-5-6-10-18(17)24-28(3,25)26/h5-6,9-10,24H,4,7-8,11-16H2,1-3H3,(H2,21,22,23). The third kappa shape index (κ3) is 7.31. The first-order valence-corrected chi connectivity index (χ1v) is 11.8. The number of para-hydroxylation sites is 1. The largest absolute Gasteiger partial charge is 0.382 e. The summed E-state index contributed by atoms with van der Waals surface area (Å²) in [6.07, 6.45) is 7.18. The third-order valence-corrected chi connectivity index (χ3v) is 5.85. The maximum absolute atomic E-state index is 11.6. The summed E-state index contributed by atoms with van der Waals surface area (Å²) in [7, 11) is -1.57. The zero-order chi connectivity index (χ0) is 20.5. The minimum atomic E-state index is -3.32. The Kier molecular flexibility index (Phi) is 8.57. The van der Waals surface area contributed by atoms with Gasteiger partial charge in [-0.25, -0.2) is 8.42 Å². The number of hydrogen-bond donors (Lipinski definition) is 3. The van der Waals surface area contributed by atoms with E-state index in [1.165, 1.54) is 25.7 Å². The third-order valence-electron chi connectivity index (χ3n) is 5.26. The molecule has 0 unspecified atom stereocenters. The second-order valence-electron chi connectivity index (χ2n) is 7.46. The lowest BCUT2D eigenvalue weighted by Gasteiger charge is -2.30. The molecule has 2 rings (SSSR count). The highest BCUT2D eigenvalue weighted by Crippen LogP contribution is 2.40. The van der Waals surface area contributed by atoms with Gasteiger partial charge >= 0.3 is 0 Å². The number of ether oxygens (including phenoxy) is 1. The highest BCUT2D eigenvalue weighted by atomic mass is 32.2. The van der Waals surface area contributed by atoms with E-state index in [-0.39, 0.29) is 5.41 Å². The van der Waals surface area contributed by atoms with Gasteiger partial charge in [0.15, 0.2) is 5.96 Å². The van der Waals surface area contributed by atoms with Crippen molar-refractivity contribution in [2.45, 2.75) is 45.6 Å². The molecule has 0 radical (unpaired) electrons. The number of hydrogen-bond acceptors (Lipinski definition) is 4. The SMILES string of the molecule is CCOCCC1(CNC(=NC)NCc2ccccc2NS(C)(=O)=O)CCCC1. The Morgan fingerprint density at radius 3 is 2.57 bits per heavy atom. The highest BCUT2D eigenvalue weighted by molar-refractivity contribution is 7.92. The van der Waals surface area contributed by atoms with Crippen molar-refractivity contribution in [2.24, 2.45) is 10.4 Å². The fourth-order valence-corrected chi connectivity index (χ4v) is 4.32. The normalized spacial score (nSPS) is 16.8. The maximum Gasteiger partial charge on any atom is 0.229 e. The van der Waals surface area contributed by atoms with E-state index >= 15 is 0 Å². The Bertz CT molecular complexity index is 744. The molecule has 0 saturated heterocycles. The van der Waals surface area contributed by atoms with E-state index in [0.29, 0.717) is 12.2 Å². The molecule has 28 heavy (non-hydrogen) atoms. The predicted molar refractivity (Wildman–Crippen MR) is 115 cm³/mol. The van der Waals surface area contributed by atoms with Crippen molar-refractivity contribution in [3.05, 3.63) is 29.8 Å². The average Bonchev–Trinajstić information content (AvgIpc) is 3.11. The molecule has 1 aliphatic carbocycles. The van der Waals surface area contributed by atoms with Gasteiger partial charge in [-0.2, -0.15) is 0 Å². The van der Waals surface area contributed by atoms with Gasteiger partial charge < -0.3 is 15.4 Å². The van der Waals surface area contributed by atoms with Gasteiger partial charge in [0.05, 0.1) is 11.9 Å². The number of nitrogens with zero attached hydrogens (tertiary/aromatic N) is 1. The minimum Gasteiger partial charge on any atom is -0.382 e. The highest BCUT2D eigenvalue weighted by Gasteiger charge is 2.33. The van der Waals surface area contributed by atoms with Crippen molar-refractivity contribution in [1.82, 2.24) is 10.6 Å². The van der Waals surface area contributed by atoms with Crippen LogP contribution in [0.15, 0.2) is 29.3 Å². The Labute approximate surface area is 169 Å². The van der Waals surface area contributed by atoms with Crippen LogP contribution in [0.2, 0.25) is 0 Å². The van der Waals surface area contributed by atoms with Crippen molar-refractivity contribution >= 4 is 21.7 Å². The first-order chi connectivity index (χ1) is 13.4. The lowest BCUT2D eigenvalue weighted by atomic mass is 9.83. The number of rotatable bonds is 10. The summed E-state index contributed by atoms with van der Waals surface area (Å²) in [6, 6.07) is 7.36. The number of anilines is 1. The minimum absolute atomic E-state index is 0.266. The molecule has 1 fully saturated rings. The summed E-state index contributed by atoms with van der Waals surface area (Å²) >= 11 is 0. The summed E-state index contributed by atoms with van der Waals surface area (Å²) in [6.45, 7) is 4.93. The molecule has 0 aromatic heterocycles. The summed E-state index contributed by atoms with van der Waals surface area (Å²) in [5, 5.41) is 6.75. The van der Waals surface area contributed by atoms with Crippen molar-refractivity contribution in [1.29, 1.82) is 0 Å². The van der Waals surface area contributed by atoms with Crippen LogP contribution < -0.4 is 15.4 Å². The first kappa shape index (κ1) is 22.5. The molecular weight excluding hydrogens is 376 g/mol. The van der Waals surface area contributed by atoms with E-state index in [9.17, 15) is 8.42 Å². The molecule has 0 spiro atoms. The number of sulfonamides is 1. The van der Waals surface area contributed by atoms with Crippen molar-refractivity contribution < 1.29 is 13.2 Å². The molecule has 0 amide bonds. The van der Waals surface area contributed by atoms with Gasteiger partial charge in [0.25, 0.3) is 0 Å². The van der Waals surface area contributed by atoms with E-state index in [1.54, 1.807) is 13.1 Å². The Morgan fingerprint density at radius 2 is 1.93 bits per heavy atom. The second-order valence-corrected chi connectivity index (χ2v) is 9.21. The van der Waals surface area contributed by atoms with Crippen LogP contribution in [0, 0.1) is 5.41 Å². The molecule has 1 aromatic rings. The van der Waals surface area contributed by atoms with E-state index in [4.69, 9.17) is 4.74 Å². The van der Waals surface area contributed by atoms with Gasteiger partial charge in [-0.1, -0.05) is 31.0 Å². The van der Waals surface area contributed by atoms with Crippen LogP contribution in [-0.4, -0.2) is 47.4 Å². The van der Waals surface area contributed by atoms with Crippen LogP contribution >= 0.6 is 0 Å². The number of nitrogens with one attached hydrogen (secondary N) is 3. The number of aliphatic imine (C=N–C) groups is 1. The van der Waals surface area contributed by atoms with Gasteiger partial charge in [0.1, 0.15) is 0 Å². The van der Waals surface area contributed by atoms with Gasteiger partial charge in [-0.05, 0) is 43.2 Å². The zero-order valence-electron chi connectivity index (χ0n) is 17.3. The molecule has 1 saturated carbocycles. The van der Waals surface area contributed by atoms with Crippen molar-refractivity contribution in [3.8, 4) is 0 Å². The molecule has 1 aromatic carbocycles. The van der Waals surface area contributed by atoms with Crippen molar-refractivity contribution in [2.75, 3.05) is 37.8 Å². The average molecular weight is 411 g/mol. The maximum atomic E-state index is 11.6. The Morgan fingerprint density at radius 1 is 1.21 bits per heavy atom. The summed E-state index contributed by atoms with van der Waals surface area (Å²) in [4.78, 5) is 4.32. The molecule has 3 N–H and O–H groups in total. The van der Waals surface area contributed by atoms with Crippen LogP contribution in [0.5, 0.6) is 0 Å². The zero-order valence-corrected chi connectivity index (χ0v) is 18.1. The molecule has 1 aliphatic rings. The smallest absolute Gasteiger partial charge is 0.229 e. The summed E-state index contributed by atoms with van der Waals surface area (Å²) in [5.74, 6) is 0.719. The predicted octanol–water partition coefficient (Wildman–Crippen LogP) is 2.71. The van der Waals surface area contributed by atoms with E-state index in [0.717, 1.165) is 44.0 Å². The summed E-state index contributed by atoms with van der Waals surface area (Å²) < 4.78 is 31.3. The van der Waals surface area contributed by atoms with Gasteiger partial charge in [-0.15, -0.1) is 0 Å². The van der Waals surface area contributed by atoms with Gasteiger partial charge in [0.2, 0.25) is 10.0 Å². The van der Waals surface area contributed by atoms with E-state index in [2.05, 4.69) is 20.3 Å². The number of benzene rings is 1. The van der Waals surface area contributed by atoms with E-state index in [1.807, 2.05) is 25.1 Å². The van der Waals surface area contributed by atoms with Crippen LogP contribution in [-0.2, 0) is 21.3 Å². The molecule has 158 valence electrons. The second kappa shape index (κ2) is 10.7. The quantitative estimate of drug-likeness (QED) is 0.313. The molecule has 0 bridgehead atoms. The molecular formula is C20H34N4O3S. The fraction of sp³-hybridized carbons (Fsp3) is 0.650. The van der Waals surface area contributed by atoms with E-state index < -0.39 is 10.0 Å². The van der Waals surface area contributed by atoms with Gasteiger partial charge in [-0.3, -0.25) is 9.71 Å². The van der Waals surface area contributed by atoms with Gasteiger partial charge in [0, 0.05) is 33.4 Å². The first-order valence-electron chi connectivity index (χ1n) is 9.95. The molecule has 0 atom stereocenters. The van der Waals surface area contributed by atoms with Crippen LogP contribution in [0.4, 0.5) is 5.69 Å². The molecule has 7 nitrogen and oxygen atoms in total. The molecule has 0 aliphatic heterocycles. The van der Waals surface area contributed by atoms with Crippen molar-refractivity contribution in [3.63, 3.8) is 0 Å². The topological polar surface area (TPSA) is 91.8 Å². The van der Waals surface area contributed by atoms with Crippen LogP contribution in [0.1, 0.15) is 44.6 Å². The van der Waals surface area contributed by atoms with Crippen LogP contribution in [0.25, 0.3) is 0 Å². The number of guanidine groups is 1. The Balaban J connectivity index is 1.93. The lowest BCUT2D eigenvalue weighted by Crippen LogP contribution is -2.43. The monoisotopic (exact) mass is 410 g/mol. The Hall–Kier alpha value is -1.80. The summed E-state index contributed by atoms with van der Waals surface area (Å²) in [5.41, 5.74) is 1.71. The fourth-order valence-electron chi connectivity index (χ4n) is 3.72. The lowest BCUT2D eigenvalue weighted by molar-refractivity contribution is 0.105.